The van der Waals surface area contributed by atoms with E-state index >= 15 is 0 Å². The molecule has 7 nitrogen and oxygen atoms in total. The Labute approximate surface area is 187 Å². The summed E-state index contributed by atoms with van der Waals surface area (Å²) in [6.07, 6.45) is 1.37. The van der Waals surface area contributed by atoms with Gasteiger partial charge in [0.1, 0.15) is 0 Å². The van der Waals surface area contributed by atoms with Crippen LogP contribution in [0.25, 0.3) is 0 Å². The number of likely N-dealkylation sites (tertiary alicyclic amines) is 1. The SMILES string of the molecule is CC(C)(CCC(C)(C)C1CC(=O)N(C(C)(C)C)C1=O)NC(=O)CC(C(=O)O)C(C)(C)C. The summed E-state index contributed by atoms with van der Waals surface area (Å²) in [5.74, 6) is -2.69. The van der Waals surface area contributed by atoms with E-state index in [1.807, 2.05) is 69.2 Å². The van der Waals surface area contributed by atoms with Crippen LogP contribution in [0.2, 0.25) is 0 Å². The summed E-state index contributed by atoms with van der Waals surface area (Å²) in [4.78, 5) is 51.0. The van der Waals surface area contributed by atoms with Gasteiger partial charge in [0.05, 0.1) is 11.8 Å². The van der Waals surface area contributed by atoms with E-state index in [2.05, 4.69) is 5.32 Å². The maximum atomic E-state index is 13.0. The predicted octanol–water partition coefficient (Wildman–Crippen LogP) is 4.00. The van der Waals surface area contributed by atoms with E-state index in [1.165, 1.54) is 4.90 Å². The van der Waals surface area contributed by atoms with Gasteiger partial charge in [0.25, 0.3) is 0 Å². The lowest BCUT2D eigenvalue weighted by atomic mass is 9.72. The first-order valence-corrected chi connectivity index (χ1v) is 11.1. The summed E-state index contributed by atoms with van der Waals surface area (Å²) in [5, 5.41) is 12.4. The number of aliphatic carboxylic acids is 1. The van der Waals surface area contributed by atoms with Gasteiger partial charge in [0, 0.05) is 23.9 Å². The number of carboxylic acid groups (broad SMARTS) is 1. The summed E-state index contributed by atoms with van der Waals surface area (Å²) >= 11 is 0. The van der Waals surface area contributed by atoms with Crippen LogP contribution < -0.4 is 5.32 Å². The van der Waals surface area contributed by atoms with Crippen molar-refractivity contribution in [3.63, 3.8) is 0 Å². The second kappa shape index (κ2) is 8.91. The van der Waals surface area contributed by atoms with E-state index in [-0.39, 0.29) is 36.5 Å². The molecule has 31 heavy (non-hydrogen) atoms. The van der Waals surface area contributed by atoms with Gasteiger partial charge in [-0.3, -0.25) is 24.1 Å². The van der Waals surface area contributed by atoms with Gasteiger partial charge in [-0.1, -0.05) is 34.6 Å². The van der Waals surface area contributed by atoms with Gasteiger partial charge in [-0.05, 0) is 58.3 Å². The Morgan fingerprint density at radius 3 is 1.90 bits per heavy atom. The van der Waals surface area contributed by atoms with E-state index in [9.17, 15) is 24.3 Å². The Kier molecular flexibility index (Phi) is 7.79. The highest BCUT2D eigenvalue weighted by atomic mass is 16.4. The Hall–Kier alpha value is -1.92. The van der Waals surface area contributed by atoms with Gasteiger partial charge >= 0.3 is 5.97 Å². The number of rotatable bonds is 8. The number of carbonyl (C=O) groups is 4. The number of carbonyl (C=O) groups excluding carboxylic acids is 3. The summed E-state index contributed by atoms with van der Waals surface area (Å²) in [5.41, 5.74) is -2.04. The molecule has 2 N–H and O–H groups in total. The molecule has 1 saturated heterocycles. The molecule has 0 aromatic rings. The Morgan fingerprint density at radius 2 is 1.52 bits per heavy atom. The molecule has 2 unspecified atom stereocenters. The molecule has 1 aliphatic rings. The zero-order valence-electron chi connectivity index (χ0n) is 21.0. The topological polar surface area (TPSA) is 104 Å². The lowest BCUT2D eigenvalue weighted by Crippen LogP contribution is -2.48. The van der Waals surface area contributed by atoms with Crippen LogP contribution in [0, 0.1) is 22.7 Å². The minimum absolute atomic E-state index is 0.0815. The highest BCUT2D eigenvalue weighted by Gasteiger charge is 2.50. The fourth-order valence-corrected chi connectivity index (χ4v) is 4.20. The van der Waals surface area contributed by atoms with Crippen molar-refractivity contribution in [1.82, 2.24) is 10.2 Å². The van der Waals surface area contributed by atoms with E-state index in [0.717, 1.165) is 0 Å². The maximum Gasteiger partial charge on any atom is 0.307 e. The zero-order chi connectivity index (χ0) is 24.6. The van der Waals surface area contributed by atoms with Crippen LogP contribution >= 0.6 is 0 Å². The Morgan fingerprint density at radius 1 is 1.00 bits per heavy atom. The number of carboxylic acids is 1. The van der Waals surface area contributed by atoms with Crippen molar-refractivity contribution in [3.05, 3.63) is 0 Å². The quantitative estimate of drug-likeness (QED) is 0.558. The number of hydrogen-bond donors (Lipinski definition) is 2. The summed E-state index contributed by atoms with van der Waals surface area (Å²) in [6.45, 7) is 18.8. The van der Waals surface area contributed by atoms with Crippen LogP contribution in [0.1, 0.15) is 94.9 Å². The highest BCUT2D eigenvalue weighted by molar-refractivity contribution is 6.04. The molecule has 7 heteroatoms. The molecule has 0 radical (unpaired) electrons. The Balaban J connectivity index is 2.80. The average Bonchev–Trinajstić information content (AvgIpc) is 2.84. The molecule has 1 heterocycles. The van der Waals surface area contributed by atoms with Gasteiger partial charge in [0.2, 0.25) is 17.7 Å². The van der Waals surface area contributed by atoms with Gasteiger partial charge in [-0.2, -0.15) is 0 Å². The fraction of sp³-hybridized carbons (Fsp3) is 0.833. The highest BCUT2D eigenvalue weighted by Crippen LogP contribution is 2.42. The van der Waals surface area contributed by atoms with E-state index in [4.69, 9.17) is 0 Å². The standard InChI is InChI=1S/C24H42N2O5/c1-21(2,3)16(20(30)31)13-17(27)25-24(9,10)12-11-23(7,8)15-14-18(28)26(19(15)29)22(4,5)6/h15-16H,11-14H2,1-10H3,(H,25,27)(H,30,31). The van der Waals surface area contributed by atoms with Crippen LogP contribution in [0.15, 0.2) is 0 Å². The van der Waals surface area contributed by atoms with Crippen LogP contribution in [0.3, 0.4) is 0 Å². The van der Waals surface area contributed by atoms with E-state index < -0.39 is 33.8 Å². The lowest BCUT2D eigenvalue weighted by Gasteiger charge is -2.36. The molecule has 2 atom stereocenters. The van der Waals surface area contributed by atoms with Crippen LogP contribution in [-0.2, 0) is 19.2 Å². The third-order valence-electron chi connectivity index (χ3n) is 6.37. The zero-order valence-corrected chi connectivity index (χ0v) is 21.0. The maximum absolute atomic E-state index is 13.0. The number of imide groups is 1. The normalized spacial score (nSPS) is 19.5. The molecule has 0 aromatic carbocycles. The largest absolute Gasteiger partial charge is 0.481 e. The second-order valence-electron chi connectivity index (χ2n) is 12.4. The number of nitrogens with zero attached hydrogens (tertiary/aromatic N) is 1. The third kappa shape index (κ3) is 7.04. The van der Waals surface area contributed by atoms with Gasteiger partial charge in [0.15, 0.2) is 0 Å². The predicted molar refractivity (Wildman–Crippen MR) is 120 cm³/mol. The first-order chi connectivity index (χ1) is 13.7. The smallest absolute Gasteiger partial charge is 0.307 e. The van der Waals surface area contributed by atoms with Crippen LogP contribution in [-0.4, -0.2) is 44.8 Å². The van der Waals surface area contributed by atoms with Crippen molar-refractivity contribution < 1.29 is 24.3 Å². The van der Waals surface area contributed by atoms with Gasteiger partial charge in [-0.15, -0.1) is 0 Å². The fourth-order valence-electron chi connectivity index (χ4n) is 4.20. The van der Waals surface area contributed by atoms with Gasteiger partial charge < -0.3 is 10.4 Å². The molecule has 0 bridgehead atoms. The molecule has 1 aliphatic heterocycles. The molecule has 0 aromatic heterocycles. The first-order valence-electron chi connectivity index (χ1n) is 11.1. The molecular weight excluding hydrogens is 396 g/mol. The van der Waals surface area contributed by atoms with Crippen molar-refractivity contribution in [3.8, 4) is 0 Å². The number of amides is 3. The van der Waals surface area contributed by atoms with E-state index in [0.29, 0.717) is 12.8 Å². The van der Waals surface area contributed by atoms with Crippen molar-refractivity contribution in [2.75, 3.05) is 0 Å². The lowest BCUT2D eigenvalue weighted by molar-refractivity contribution is -0.148. The average molecular weight is 439 g/mol. The minimum atomic E-state index is -0.977. The van der Waals surface area contributed by atoms with E-state index in [1.54, 1.807) is 0 Å². The third-order valence-corrected chi connectivity index (χ3v) is 6.37. The van der Waals surface area contributed by atoms with Gasteiger partial charge in [-0.25, -0.2) is 0 Å². The molecular formula is C24H42N2O5. The number of hydrogen-bond acceptors (Lipinski definition) is 4. The van der Waals surface area contributed by atoms with Crippen molar-refractivity contribution >= 4 is 23.7 Å². The molecule has 1 rings (SSSR count). The first kappa shape index (κ1) is 27.1. The van der Waals surface area contributed by atoms with Crippen molar-refractivity contribution in [2.45, 2.75) is 106 Å². The summed E-state index contributed by atoms with van der Waals surface area (Å²) in [7, 11) is 0. The molecule has 0 spiro atoms. The summed E-state index contributed by atoms with van der Waals surface area (Å²) in [6, 6.07) is 0. The summed E-state index contributed by atoms with van der Waals surface area (Å²) < 4.78 is 0. The van der Waals surface area contributed by atoms with Crippen molar-refractivity contribution in [1.29, 1.82) is 0 Å². The molecule has 0 saturated carbocycles. The minimum Gasteiger partial charge on any atom is -0.481 e. The van der Waals surface area contributed by atoms with Crippen LogP contribution in [0.5, 0.6) is 0 Å². The molecule has 178 valence electrons. The Bertz CT molecular complexity index is 725. The van der Waals surface area contributed by atoms with Crippen LogP contribution in [0.4, 0.5) is 0 Å². The number of nitrogens with one attached hydrogen (secondary N) is 1. The second-order valence-corrected chi connectivity index (χ2v) is 12.4. The molecule has 3 amide bonds. The molecule has 0 aliphatic carbocycles. The molecule has 1 fully saturated rings. The monoisotopic (exact) mass is 438 g/mol. The van der Waals surface area contributed by atoms with Crippen molar-refractivity contribution in [2.24, 2.45) is 22.7 Å².